The van der Waals surface area contributed by atoms with Gasteiger partial charge >= 0.3 is 6.09 Å². The van der Waals surface area contributed by atoms with Gasteiger partial charge in [-0.05, 0) is 72.6 Å². The Morgan fingerprint density at radius 3 is 2.57 bits per heavy atom. The summed E-state index contributed by atoms with van der Waals surface area (Å²) in [6, 6.07) is 7.11. The zero-order chi connectivity index (χ0) is 33.4. The number of ether oxygens (including phenoxy) is 2. The molecule has 3 aromatic rings. The van der Waals surface area contributed by atoms with E-state index in [1.54, 1.807) is 13.0 Å². The highest BCUT2D eigenvalue weighted by Gasteiger charge is 2.37. The van der Waals surface area contributed by atoms with Crippen LogP contribution in [0.1, 0.15) is 72.1 Å². The average molecular weight is 640 g/mol. The molecule has 4 atom stereocenters. The van der Waals surface area contributed by atoms with Gasteiger partial charge < -0.3 is 30.9 Å². The highest BCUT2D eigenvalue weighted by atomic mass is 19.1. The first-order valence-electron chi connectivity index (χ1n) is 15.5. The van der Waals surface area contributed by atoms with Gasteiger partial charge in [0.05, 0.1) is 30.6 Å². The number of nitrogens with one attached hydrogen (secondary N) is 2. The maximum Gasteiger partial charge on any atom is 0.407 e. The summed E-state index contributed by atoms with van der Waals surface area (Å²) in [4.78, 5) is 30.4. The standard InChI is InChI=1S/C18H17F2NO3.C16H26N4O2/c1-11-8-12(18(23)4-6-24-7-5-18)9-15(20)16(11)17-14(19)3-2-13(10-22)21-17;1-4-10-7-11(12-5-6-19-9-14(12)18-2)8-13(17)15(10)20-16(21)22-3/h2-3,8-10,23H,4-7H2,1H3;5-6,9-11,13,15,18H,4,7-8,17H2,1-3H3,(H,20,21). The molecule has 1 aliphatic heterocycles. The van der Waals surface area contributed by atoms with Gasteiger partial charge in [0.1, 0.15) is 23.0 Å². The predicted octanol–water partition coefficient (Wildman–Crippen LogP) is 5.22. The zero-order valence-electron chi connectivity index (χ0n) is 26.7. The maximum absolute atomic E-state index is 14.7. The monoisotopic (exact) mass is 639 g/mol. The third-order valence-electron chi connectivity index (χ3n) is 9.04. The predicted molar refractivity (Wildman–Crippen MR) is 171 cm³/mol. The van der Waals surface area contributed by atoms with Crippen molar-refractivity contribution in [2.75, 3.05) is 32.7 Å². The van der Waals surface area contributed by atoms with Crippen molar-refractivity contribution < 1.29 is 33.0 Å². The van der Waals surface area contributed by atoms with Crippen LogP contribution in [0.3, 0.4) is 0 Å². The fraction of sp³-hybridized carbons (Fsp3) is 0.471. The number of anilines is 1. The van der Waals surface area contributed by atoms with Crippen molar-refractivity contribution in [3.05, 3.63) is 76.7 Å². The van der Waals surface area contributed by atoms with Crippen molar-refractivity contribution >= 4 is 18.1 Å². The molecule has 1 saturated carbocycles. The van der Waals surface area contributed by atoms with E-state index in [2.05, 4.69) is 33.6 Å². The Morgan fingerprint density at radius 2 is 1.93 bits per heavy atom. The maximum atomic E-state index is 14.7. The highest BCUT2D eigenvalue weighted by Crippen LogP contribution is 2.40. The number of rotatable bonds is 7. The lowest BCUT2D eigenvalue weighted by molar-refractivity contribution is -0.0680. The molecule has 5 N–H and O–H groups in total. The van der Waals surface area contributed by atoms with Crippen molar-refractivity contribution in [1.29, 1.82) is 0 Å². The van der Waals surface area contributed by atoms with Crippen LogP contribution in [-0.4, -0.2) is 66.9 Å². The fourth-order valence-corrected chi connectivity index (χ4v) is 6.51. The van der Waals surface area contributed by atoms with Crippen LogP contribution >= 0.6 is 0 Å². The number of hydrogen-bond donors (Lipinski definition) is 4. The molecular formula is C34H43F2N5O5. The van der Waals surface area contributed by atoms with Crippen molar-refractivity contribution in [2.45, 2.75) is 69.6 Å². The number of methoxy groups -OCH3 is 1. The van der Waals surface area contributed by atoms with Crippen LogP contribution in [0.15, 0.2) is 42.7 Å². The van der Waals surface area contributed by atoms with E-state index in [1.807, 2.05) is 19.4 Å². The minimum atomic E-state index is -1.15. The number of alkyl carbamates (subject to hydrolysis) is 1. The van der Waals surface area contributed by atoms with Crippen LogP contribution in [0.4, 0.5) is 19.3 Å². The summed E-state index contributed by atoms with van der Waals surface area (Å²) >= 11 is 0. The molecule has 248 valence electrons. The van der Waals surface area contributed by atoms with Crippen molar-refractivity contribution in [1.82, 2.24) is 15.3 Å². The Hall–Kier alpha value is -4.00. The minimum absolute atomic E-state index is 0.00407. The molecule has 12 heteroatoms. The summed E-state index contributed by atoms with van der Waals surface area (Å²) in [5, 5.41) is 16.8. The van der Waals surface area contributed by atoms with Crippen LogP contribution < -0.4 is 16.4 Å². The summed E-state index contributed by atoms with van der Waals surface area (Å²) in [5.41, 5.74) is 8.21. The Bertz CT molecular complexity index is 1490. The fourth-order valence-electron chi connectivity index (χ4n) is 6.51. The lowest BCUT2D eigenvalue weighted by Gasteiger charge is -2.40. The van der Waals surface area contributed by atoms with E-state index in [0.717, 1.165) is 31.0 Å². The van der Waals surface area contributed by atoms with E-state index in [0.29, 0.717) is 55.3 Å². The van der Waals surface area contributed by atoms with Gasteiger partial charge in [-0.1, -0.05) is 19.4 Å². The molecule has 1 aromatic carbocycles. The lowest BCUT2D eigenvalue weighted by Crippen LogP contribution is -2.55. The second-order valence-electron chi connectivity index (χ2n) is 11.9. The van der Waals surface area contributed by atoms with Crippen LogP contribution in [0.25, 0.3) is 11.3 Å². The van der Waals surface area contributed by atoms with E-state index < -0.39 is 23.3 Å². The van der Waals surface area contributed by atoms with E-state index >= 15 is 0 Å². The molecule has 1 saturated heterocycles. The number of benzene rings is 1. The molecule has 0 spiro atoms. The average Bonchev–Trinajstić information content (AvgIpc) is 3.06. The van der Waals surface area contributed by atoms with Crippen molar-refractivity contribution in [2.24, 2.45) is 11.7 Å². The second-order valence-corrected chi connectivity index (χ2v) is 11.9. The number of carbonyl (C=O) groups is 2. The Kier molecular flexibility index (Phi) is 11.8. The molecule has 2 fully saturated rings. The quantitative estimate of drug-likeness (QED) is 0.255. The summed E-state index contributed by atoms with van der Waals surface area (Å²) in [5.74, 6) is -0.675. The normalized spacial score (nSPS) is 22.2. The molecule has 1 aliphatic carbocycles. The third-order valence-corrected chi connectivity index (χ3v) is 9.04. The minimum Gasteiger partial charge on any atom is -0.453 e. The first kappa shape index (κ1) is 34.9. The SMILES string of the molecule is CCC1CC(c2ccncc2NC)CC(N)C1NC(=O)OC.Cc1cc(C2(O)CCOCC2)cc(F)c1-c1nc(C=O)ccc1F. The molecule has 1 amide bonds. The Balaban J connectivity index is 0.000000210. The number of pyridine rings is 2. The van der Waals surface area contributed by atoms with E-state index in [-0.39, 0.29) is 29.0 Å². The number of aryl methyl sites for hydroxylation is 1. The van der Waals surface area contributed by atoms with Gasteiger partial charge in [0.2, 0.25) is 0 Å². The van der Waals surface area contributed by atoms with Gasteiger partial charge in [-0.25, -0.2) is 18.6 Å². The number of carbonyl (C=O) groups excluding carboxylic acids is 2. The lowest BCUT2D eigenvalue weighted by atomic mass is 9.71. The van der Waals surface area contributed by atoms with Gasteiger partial charge in [0.15, 0.2) is 6.29 Å². The van der Waals surface area contributed by atoms with Crippen LogP contribution in [-0.2, 0) is 15.1 Å². The number of nitrogens with zero attached hydrogens (tertiary/aromatic N) is 2. The largest absolute Gasteiger partial charge is 0.453 e. The first-order chi connectivity index (χ1) is 22.0. The Labute approximate surface area is 268 Å². The van der Waals surface area contributed by atoms with Gasteiger partial charge in [-0.3, -0.25) is 9.78 Å². The van der Waals surface area contributed by atoms with Crippen molar-refractivity contribution in [3.63, 3.8) is 0 Å². The summed E-state index contributed by atoms with van der Waals surface area (Å²) < 4.78 is 38.7. The number of hydrogen-bond acceptors (Lipinski definition) is 9. The van der Waals surface area contributed by atoms with Crippen LogP contribution in [0, 0.1) is 24.5 Å². The number of aliphatic hydroxyl groups is 1. The molecule has 10 nitrogen and oxygen atoms in total. The molecule has 4 unspecified atom stereocenters. The summed E-state index contributed by atoms with van der Waals surface area (Å²) in [7, 11) is 3.28. The van der Waals surface area contributed by atoms with Crippen LogP contribution in [0.5, 0.6) is 0 Å². The summed E-state index contributed by atoms with van der Waals surface area (Å²) in [6.07, 6.45) is 7.30. The number of nitrogens with two attached hydrogens (primary N) is 1. The van der Waals surface area contributed by atoms with Gasteiger partial charge in [0.25, 0.3) is 0 Å². The molecule has 46 heavy (non-hydrogen) atoms. The van der Waals surface area contributed by atoms with E-state index in [1.165, 1.54) is 24.8 Å². The number of aromatic nitrogens is 2. The van der Waals surface area contributed by atoms with E-state index in [4.69, 9.17) is 15.2 Å². The molecule has 2 aliphatic rings. The van der Waals surface area contributed by atoms with Gasteiger partial charge in [-0.2, -0.15) is 0 Å². The second kappa shape index (κ2) is 15.5. The molecule has 2 aromatic heterocycles. The molecule has 0 bridgehead atoms. The highest BCUT2D eigenvalue weighted by molar-refractivity contribution is 5.75. The number of halogens is 2. The third kappa shape index (κ3) is 7.86. The van der Waals surface area contributed by atoms with Gasteiger partial charge in [-0.15, -0.1) is 0 Å². The molecule has 5 rings (SSSR count). The van der Waals surface area contributed by atoms with Gasteiger partial charge in [0, 0.05) is 50.9 Å². The van der Waals surface area contributed by atoms with Crippen molar-refractivity contribution in [3.8, 4) is 11.3 Å². The number of amides is 1. The topological polar surface area (TPSA) is 149 Å². The van der Waals surface area contributed by atoms with Crippen LogP contribution in [0.2, 0.25) is 0 Å². The molecule has 0 radical (unpaired) electrons. The molecular weight excluding hydrogens is 596 g/mol. The smallest absolute Gasteiger partial charge is 0.407 e. The summed E-state index contributed by atoms with van der Waals surface area (Å²) in [6.45, 7) is 4.56. The zero-order valence-corrected chi connectivity index (χ0v) is 26.7. The number of aldehydes is 1. The molecule has 3 heterocycles. The van der Waals surface area contributed by atoms with E-state index in [9.17, 15) is 23.5 Å². The Morgan fingerprint density at radius 1 is 1.20 bits per heavy atom. The first-order valence-corrected chi connectivity index (χ1v) is 15.5.